The second-order valence-corrected chi connectivity index (χ2v) is 6.34. The molecule has 0 aliphatic rings. The Morgan fingerprint density at radius 1 is 1.08 bits per heavy atom. The first-order valence-electron chi connectivity index (χ1n) is 7.35. The van der Waals surface area contributed by atoms with Gasteiger partial charge in [0.2, 0.25) is 0 Å². The van der Waals surface area contributed by atoms with E-state index in [9.17, 15) is 25.0 Å². The number of nitro groups is 2. The van der Waals surface area contributed by atoms with Gasteiger partial charge in [-0.3, -0.25) is 25.0 Å². The molecule has 0 aromatic heterocycles. The minimum Gasteiger partial charge on any atom is -0.460 e. The highest BCUT2D eigenvalue weighted by Crippen LogP contribution is 2.23. The van der Waals surface area contributed by atoms with Gasteiger partial charge in [0.05, 0.1) is 15.9 Å². The summed E-state index contributed by atoms with van der Waals surface area (Å²) < 4.78 is 5.89. The first-order valence-corrected chi connectivity index (χ1v) is 8.15. The predicted octanol–water partition coefficient (Wildman–Crippen LogP) is 2.88. The predicted molar refractivity (Wildman–Crippen MR) is 95.4 cm³/mol. The smallest absolute Gasteiger partial charge is 0.323 e. The fourth-order valence-electron chi connectivity index (χ4n) is 2.21. The maximum atomic E-state index is 12.0. The fourth-order valence-corrected chi connectivity index (χ4v) is 2.66. The zero-order valence-corrected chi connectivity index (χ0v) is 14.9. The van der Waals surface area contributed by atoms with Gasteiger partial charge >= 0.3 is 5.97 Å². The maximum absolute atomic E-state index is 12.0. The van der Waals surface area contributed by atoms with E-state index in [1.165, 1.54) is 0 Å². The average molecular weight is 424 g/mol. The molecule has 2 aromatic carbocycles. The van der Waals surface area contributed by atoms with Crippen LogP contribution in [0.5, 0.6) is 0 Å². The second kappa shape index (κ2) is 8.50. The Morgan fingerprint density at radius 3 is 2.23 bits per heavy atom. The Balaban J connectivity index is 2.04. The number of hydrogen-bond acceptors (Lipinski definition) is 7. The van der Waals surface area contributed by atoms with Crippen LogP contribution >= 0.6 is 15.9 Å². The Hall–Kier alpha value is -2.85. The number of carbonyl (C=O) groups excluding carboxylic acids is 1. The molecule has 1 atom stereocenters. The molecule has 0 spiro atoms. The summed E-state index contributed by atoms with van der Waals surface area (Å²) >= 11 is 3.32. The third kappa shape index (κ3) is 5.33. The normalized spacial score (nSPS) is 11.6. The Bertz CT molecular complexity index is 825. The SMILES string of the molecule is N[C@H](Cc1cccc(Br)c1)C(=O)OCc1cc([N+](=O)[O-])cc([N+](=O)[O-])c1. The molecule has 2 rings (SSSR count). The van der Waals surface area contributed by atoms with E-state index in [4.69, 9.17) is 10.5 Å². The molecular weight excluding hydrogens is 410 g/mol. The van der Waals surface area contributed by atoms with Crippen LogP contribution in [0.25, 0.3) is 0 Å². The summed E-state index contributed by atoms with van der Waals surface area (Å²) in [6.45, 7) is -0.354. The molecule has 0 fully saturated rings. The molecule has 0 heterocycles. The summed E-state index contributed by atoms with van der Waals surface area (Å²) in [5, 5.41) is 21.7. The van der Waals surface area contributed by atoms with E-state index in [0.717, 1.165) is 28.2 Å². The molecule has 0 unspecified atom stereocenters. The van der Waals surface area contributed by atoms with Crippen molar-refractivity contribution in [2.75, 3.05) is 0 Å². The van der Waals surface area contributed by atoms with Crippen molar-refractivity contribution in [3.8, 4) is 0 Å². The van der Waals surface area contributed by atoms with E-state index >= 15 is 0 Å². The number of carbonyl (C=O) groups is 1. The highest BCUT2D eigenvalue weighted by atomic mass is 79.9. The van der Waals surface area contributed by atoms with Crippen LogP contribution in [0.1, 0.15) is 11.1 Å². The molecule has 26 heavy (non-hydrogen) atoms. The number of rotatable bonds is 7. The molecule has 0 saturated heterocycles. The van der Waals surface area contributed by atoms with Crippen molar-refractivity contribution in [2.45, 2.75) is 19.1 Å². The highest BCUT2D eigenvalue weighted by molar-refractivity contribution is 9.10. The van der Waals surface area contributed by atoms with Crippen molar-refractivity contribution >= 4 is 33.3 Å². The van der Waals surface area contributed by atoms with Crippen LogP contribution in [0, 0.1) is 20.2 Å². The number of nitro benzene ring substituents is 2. The molecule has 0 radical (unpaired) electrons. The van der Waals surface area contributed by atoms with Crippen LogP contribution in [-0.2, 0) is 22.6 Å². The number of halogens is 1. The Labute approximate surface area is 156 Å². The molecular formula is C16H14BrN3O6. The first-order chi connectivity index (χ1) is 12.3. The molecule has 2 N–H and O–H groups in total. The molecule has 136 valence electrons. The van der Waals surface area contributed by atoms with E-state index < -0.39 is 33.2 Å². The lowest BCUT2D eigenvalue weighted by atomic mass is 10.1. The molecule has 0 saturated carbocycles. The largest absolute Gasteiger partial charge is 0.460 e. The lowest BCUT2D eigenvalue weighted by Crippen LogP contribution is -2.34. The van der Waals surface area contributed by atoms with Gasteiger partial charge in [0.25, 0.3) is 11.4 Å². The molecule has 9 nitrogen and oxygen atoms in total. The lowest BCUT2D eigenvalue weighted by Gasteiger charge is -2.12. The van der Waals surface area contributed by atoms with Gasteiger partial charge in [-0.05, 0) is 24.1 Å². The molecule has 2 aromatic rings. The minimum absolute atomic E-state index is 0.133. The summed E-state index contributed by atoms with van der Waals surface area (Å²) in [5.74, 6) is -0.709. The van der Waals surface area contributed by atoms with Crippen LogP contribution in [-0.4, -0.2) is 21.9 Å². The summed E-state index contributed by atoms with van der Waals surface area (Å²) in [7, 11) is 0. The number of benzene rings is 2. The molecule has 0 bridgehead atoms. The number of nitrogens with zero attached hydrogens (tertiary/aromatic N) is 2. The van der Waals surface area contributed by atoms with Crippen LogP contribution in [0.4, 0.5) is 11.4 Å². The third-order valence-corrected chi connectivity index (χ3v) is 3.91. The van der Waals surface area contributed by atoms with Gasteiger partial charge in [-0.25, -0.2) is 0 Å². The zero-order chi connectivity index (χ0) is 19.3. The quantitative estimate of drug-likeness (QED) is 0.410. The third-order valence-electron chi connectivity index (χ3n) is 3.41. The Morgan fingerprint density at radius 2 is 1.69 bits per heavy atom. The van der Waals surface area contributed by atoms with Gasteiger partial charge in [-0.1, -0.05) is 28.1 Å². The van der Waals surface area contributed by atoms with Crippen molar-refractivity contribution in [1.82, 2.24) is 0 Å². The van der Waals surface area contributed by atoms with E-state index in [2.05, 4.69) is 15.9 Å². The van der Waals surface area contributed by atoms with Crippen LogP contribution < -0.4 is 5.73 Å². The van der Waals surface area contributed by atoms with E-state index in [1.54, 1.807) is 6.07 Å². The van der Waals surface area contributed by atoms with Gasteiger partial charge < -0.3 is 10.5 Å². The lowest BCUT2D eigenvalue weighted by molar-refractivity contribution is -0.394. The zero-order valence-electron chi connectivity index (χ0n) is 13.3. The van der Waals surface area contributed by atoms with Crippen LogP contribution in [0.15, 0.2) is 46.9 Å². The first kappa shape index (κ1) is 19.5. The highest BCUT2D eigenvalue weighted by Gasteiger charge is 2.19. The molecule has 0 aliphatic heterocycles. The fraction of sp³-hybridized carbons (Fsp3) is 0.188. The number of hydrogen-bond donors (Lipinski definition) is 1. The topological polar surface area (TPSA) is 139 Å². The summed E-state index contributed by atoms with van der Waals surface area (Å²) in [6.07, 6.45) is 0.243. The molecule has 0 amide bonds. The van der Waals surface area contributed by atoms with Crippen LogP contribution in [0.2, 0.25) is 0 Å². The number of ether oxygens (including phenoxy) is 1. The minimum atomic E-state index is -0.932. The standard InChI is InChI=1S/C16H14BrN3O6/c17-12-3-1-2-10(4-12)7-15(18)16(21)26-9-11-5-13(19(22)23)8-14(6-11)20(24)25/h1-6,8,15H,7,9,18H2/t15-/m1/s1. The summed E-state index contributed by atoms with van der Waals surface area (Å²) in [6, 6.07) is 9.39. The average Bonchev–Trinajstić information content (AvgIpc) is 2.59. The summed E-state index contributed by atoms with van der Waals surface area (Å²) in [4.78, 5) is 32.2. The van der Waals surface area contributed by atoms with Gasteiger partial charge in [0.1, 0.15) is 12.6 Å². The summed E-state index contributed by atoms with van der Waals surface area (Å²) in [5.41, 5.74) is 5.87. The number of nitrogens with two attached hydrogens (primary N) is 1. The monoisotopic (exact) mass is 423 g/mol. The van der Waals surface area contributed by atoms with Crippen molar-refractivity contribution < 1.29 is 19.4 Å². The van der Waals surface area contributed by atoms with Gasteiger partial charge in [0.15, 0.2) is 0 Å². The molecule has 0 aliphatic carbocycles. The molecule has 10 heteroatoms. The van der Waals surface area contributed by atoms with Crippen molar-refractivity contribution in [3.05, 3.63) is 78.3 Å². The second-order valence-electron chi connectivity index (χ2n) is 5.42. The van der Waals surface area contributed by atoms with E-state index in [-0.39, 0.29) is 18.6 Å². The van der Waals surface area contributed by atoms with Crippen molar-refractivity contribution in [3.63, 3.8) is 0 Å². The van der Waals surface area contributed by atoms with Gasteiger partial charge in [-0.2, -0.15) is 0 Å². The number of non-ortho nitro benzene ring substituents is 2. The van der Waals surface area contributed by atoms with Crippen molar-refractivity contribution in [2.24, 2.45) is 5.73 Å². The maximum Gasteiger partial charge on any atom is 0.323 e. The Kier molecular flexibility index (Phi) is 6.36. The van der Waals surface area contributed by atoms with Gasteiger partial charge in [0, 0.05) is 22.2 Å². The van der Waals surface area contributed by atoms with Crippen LogP contribution in [0.3, 0.4) is 0 Å². The number of esters is 1. The van der Waals surface area contributed by atoms with Gasteiger partial charge in [-0.15, -0.1) is 0 Å². The van der Waals surface area contributed by atoms with E-state index in [1.807, 2.05) is 18.2 Å². The van der Waals surface area contributed by atoms with E-state index in [0.29, 0.717) is 0 Å². The van der Waals surface area contributed by atoms with Crippen molar-refractivity contribution in [1.29, 1.82) is 0 Å².